The lowest BCUT2D eigenvalue weighted by molar-refractivity contribution is -0.171. The molecule has 3 aliphatic rings. The van der Waals surface area contributed by atoms with Crippen molar-refractivity contribution in [3.63, 3.8) is 0 Å². The number of nitrogens with zero attached hydrogens (tertiary/aromatic N) is 1. The Morgan fingerprint density at radius 3 is 1.88 bits per heavy atom. The number of imide groups is 1. The maximum atomic E-state index is 13.3. The first-order chi connectivity index (χ1) is 19.5. The van der Waals surface area contributed by atoms with Crippen LogP contribution in [0.25, 0.3) is 11.1 Å². The fourth-order valence-corrected chi connectivity index (χ4v) is 6.16. The third kappa shape index (κ3) is 4.85. The van der Waals surface area contributed by atoms with Gasteiger partial charge in [0.05, 0.1) is 11.1 Å². The summed E-state index contributed by atoms with van der Waals surface area (Å²) in [5.74, 6) is -2.19. The number of carbonyl (C=O) groups is 4. The number of hydroxylamine groups is 2. The number of fused-ring (bicyclic) bond motifs is 4. The number of benzene rings is 3. The number of alkyl carbamates (subject to hydrolysis) is 1. The van der Waals surface area contributed by atoms with E-state index in [4.69, 9.17) is 9.57 Å². The summed E-state index contributed by atoms with van der Waals surface area (Å²) < 4.78 is 5.67. The van der Waals surface area contributed by atoms with Gasteiger partial charge in [0.25, 0.3) is 11.8 Å². The van der Waals surface area contributed by atoms with Gasteiger partial charge in [0.1, 0.15) is 12.6 Å². The normalized spacial score (nSPS) is 17.1. The van der Waals surface area contributed by atoms with Gasteiger partial charge in [-0.25, -0.2) is 9.59 Å². The summed E-state index contributed by atoms with van der Waals surface area (Å²) in [6, 6.07) is 21.3. The quantitative estimate of drug-likeness (QED) is 0.392. The van der Waals surface area contributed by atoms with Crippen LogP contribution in [0.2, 0.25) is 0 Å². The molecule has 8 nitrogen and oxygen atoms in total. The van der Waals surface area contributed by atoms with Crippen molar-refractivity contribution in [3.05, 3.63) is 95.1 Å². The van der Waals surface area contributed by atoms with Crippen LogP contribution in [0.1, 0.15) is 76.3 Å². The highest BCUT2D eigenvalue weighted by molar-refractivity contribution is 6.21. The van der Waals surface area contributed by atoms with E-state index in [1.807, 2.05) is 36.4 Å². The number of amides is 3. The Balaban J connectivity index is 1.15. The Morgan fingerprint density at radius 1 is 0.775 bits per heavy atom. The molecule has 3 aromatic rings. The van der Waals surface area contributed by atoms with Crippen molar-refractivity contribution in [2.24, 2.45) is 5.92 Å². The fourth-order valence-electron chi connectivity index (χ4n) is 6.16. The van der Waals surface area contributed by atoms with Crippen molar-refractivity contribution < 1.29 is 28.8 Å². The molecule has 0 spiro atoms. The minimum atomic E-state index is -1.07. The van der Waals surface area contributed by atoms with Crippen LogP contribution in [-0.2, 0) is 14.4 Å². The first-order valence-electron chi connectivity index (χ1n) is 13.8. The van der Waals surface area contributed by atoms with Crippen LogP contribution in [0.15, 0.2) is 72.8 Å². The van der Waals surface area contributed by atoms with Crippen molar-refractivity contribution in [2.75, 3.05) is 6.61 Å². The third-order valence-corrected chi connectivity index (χ3v) is 8.15. The predicted molar refractivity (Wildman–Crippen MR) is 146 cm³/mol. The monoisotopic (exact) mass is 538 g/mol. The van der Waals surface area contributed by atoms with Gasteiger partial charge in [-0.1, -0.05) is 97.8 Å². The fraction of sp³-hybridized carbons (Fsp3) is 0.312. The Morgan fingerprint density at radius 2 is 1.30 bits per heavy atom. The summed E-state index contributed by atoms with van der Waals surface area (Å²) in [6.45, 7) is 0.101. The van der Waals surface area contributed by atoms with Crippen LogP contribution in [0, 0.1) is 5.92 Å². The van der Waals surface area contributed by atoms with Gasteiger partial charge >= 0.3 is 12.1 Å². The van der Waals surface area contributed by atoms with Gasteiger partial charge in [-0.2, -0.15) is 0 Å². The lowest BCUT2D eigenvalue weighted by Gasteiger charge is -2.26. The zero-order chi connectivity index (χ0) is 27.6. The topological polar surface area (TPSA) is 102 Å². The number of ether oxygens (including phenoxy) is 1. The minimum absolute atomic E-state index is 0.101. The number of rotatable bonds is 7. The largest absolute Gasteiger partial charge is 0.449 e. The van der Waals surface area contributed by atoms with E-state index in [2.05, 4.69) is 17.4 Å². The Labute approximate surface area is 232 Å². The van der Waals surface area contributed by atoms with Gasteiger partial charge in [-0.15, -0.1) is 0 Å². The number of carbonyl (C=O) groups excluding carboxylic acids is 4. The zero-order valence-corrected chi connectivity index (χ0v) is 22.0. The van der Waals surface area contributed by atoms with Gasteiger partial charge in [-0.3, -0.25) is 9.59 Å². The second-order valence-electron chi connectivity index (χ2n) is 10.6. The van der Waals surface area contributed by atoms with Crippen molar-refractivity contribution in [1.29, 1.82) is 0 Å². The summed E-state index contributed by atoms with van der Waals surface area (Å²) in [4.78, 5) is 57.1. The molecule has 1 saturated carbocycles. The van der Waals surface area contributed by atoms with E-state index >= 15 is 0 Å². The number of nitrogens with one attached hydrogen (secondary N) is 1. The SMILES string of the molecule is O=C(N[C@H](CC1CCCCC1)C(=O)ON1C(=O)c2ccccc2C1=O)OCC1c2ccccc2-c2ccccc21. The Hall–Kier alpha value is -4.46. The smallest absolute Gasteiger partial charge is 0.407 e. The van der Waals surface area contributed by atoms with Crippen LogP contribution in [0.5, 0.6) is 0 Å². The molecule has 0 saturated heterocycles. The molecule has 0 radical (unpaired) electrons. The molecule has 1 fully saturated rings. The van der Waals surface area contributed by atoms with E-state index in [1.165, 1.54) is 12.1 Å². The van der Waals surface area contributed by atoms with Gasteiger partial charge in [0.2, 0.25) is 0 Å². The lowest BCUT2D eigenvalue weighted by Crippen LogP contribution is -2.46. The first kappa shape index (κ1) is 25.8. The highest BCUT2D eigenvalue weighted by Crippen LogP contribution is 2.44. The molecule has 0 bridgehead atoms. The van der Waals surface area contributed by atoms with Crippen LogP contribution in [0.3, 0.4) is 0 Å². The van der Waals surface area contributed by atoms with Crippen molar-refractivity contribution in [2.45, 2.75) is 50.5 Å². The molecule has 8 heteroatoms. The Bertz CT molecular complexity index is 1400. The molecule has 3 aromatic carbocycles. The van der Waals surface area contributed by atoms with Crippen LogP contribution >= 0.6 is 0 Å². The summed E-state index contributed by atoms with van der Waals surface area (Å²) >= 11 is 0. The standard InChI is InChI=1S/C32H30N2O6/c35-29-25-16-8-9-17-26(25)30(36)34(29)40-31(37)28(18-20-10-2-1-3-11-20)33-32(38)39-19-27-23-14-6-4-12-21(23)22-13-5-7-15-24(22)27/h4-9,12-17,20,27-28H,1-3,10-11,18-19H2,(H,33,38)/t28-/m1/s1. The Kier molecular flexibility index (Phi) is 7.07. The van der Waals surface area contributed by atoms with Crippen molar-refractivity contribution in [3.8, 4) is 11.1 Å². The summed E-state index contributed by atoms with van der Waals surface area (Å²) in [5, 5.41) is 3.16. The van der Waals surface area contributed by atoms with E-state index < -0.39 is 29.9 Å². The molecule has 3 amide bonds. The summed E-state index contributed by atoms with van der Waals surface area (Å²) in [5.41, 5.74) is 4.75. The average Bonchev–Trinajstić information content (AvgIpc) is 3.43. The highest BCUT2D eigenvalue weighted by Gasteiger charge is 2.40. The number of hydrogen-bond acceptors (Lipinski definition) is 6. The van der Waals surface area contributed by atoms with Crippen LogP contribution < -0.4 is 5.32 Å². The molecule has 2 aliphatic carbocycles. The molecular formula is C32H30N2O6. The molecule has 1 aliphatic heterocycles. The van der Waals surface area contributed by atoms with Crippen molar-refractivity contribution in [1.82, 2.24) is 10.4 Å². The number of hydrogen-bond donors (Lipinski definition) is 1. The van der Waals surface area contributed by atoms with Gasteiger partial charge in [-0.05, 0) is 46.7 Å². The second-order valence-corrected chi connectivity index (χ2v) is 10.6. The summed E-state index contributed by atoms with van der Waals surface area (Å²) in [7, 11) is 0. The minimum Gasteiger partial charge on any atom is -0.449 e. The van der Waals surface area contributed by atoms with E-state index in [0.717, 1.165) is 54.4 Å². The van der Waals surface area contributed by atoms with E-state index in [9.17, 15) is 19.2 Å². The predicted octanol–water partition coefficient (Wildman–Crippen LogP) is 5.62. The highest BCUT2D eigenvalue weighted by atomic mass is 16.7. The summed E-state index contributed by atoms with van der Waals surface area (Å²) in [6.07, 6.45) is 4.70. The van der Waals surface area contributed by atoms with Crippen molar-refractivity contribution >= 4 is 23.9 Å². The lowest BCUT2D eigenvalue weighted by atomic mass is 9.85. The van der Waals surface area contributed by atoms with Crippen LogP contribution in [0.4, 0.5) is 4.79 Å². The third-order valence-electron chi connectivity index (χ3n) is 8.15. The molecule has 40 heavy (non-hydrogen) atoms. The molecule has 1 atom stereocenters. The molecule has 204 valence electrons. The van der Waals surface area contributed by atoms with Gasteiger partial charge < -0.3 is 14.9 Å². The first-order valence-corrected chi connectivity index (χ1v) is 13.8. The molecule has 1 N–H and O–H groups in total. The second kappa shape index (κ2) is 11.0. The van der Waals surface area contributed by atoms with E-state index in [-0.39, 0.29) is 29.6 Å². The van der Waals surface area contributed by atoms with Gasteiger partial charge in [0, 0.05) is 5.92 Å². The molecule has 6 rings (SSSR count). The molecule has 0 aromatic heterocycles. The van der Waals surface area contributed by atoms with Gasteiger partial charge in [0.15, 0.2) is 0 Å². The molecular weight excluding hydrogens is 508 g/mol. The maximum absolute atomic E-state index is 13.3. The van der Waals surface area contributed by atoms with E-state index in [0.29, 0.717) is 11.5 Å². The zero-order valence-electron chi connectivity index (χ0n) is 22.0. The average molecular weight is 539 g/mol. The van der Waals surface area contributed by atoms with Crippen LogP contribution in [-0.4, -0.2) is 41.6 Å². The van der Waals surface area contributed by atoms with E-state index in [1.54, 1.807) is 12.1 Å². The molecule has 0 unspecified atom stereocenters. The molecule has 1 heterocycles. The maximum Gasteiger partial charge on any atom is 0.407 e.